The number of benzene rings is 1. The maximum absolute atomic E-state index is 12.0. The Labute approximate surface area is 124 Å². The van der Waals surface area contributed by atoms with Crippen LogP contribution in [0, 0.1) is 0 Å². The lowest BCUT2D eigenvalue weighted by molar-refractivity contribution is -0.123. The summed E-state index contributed by atoms with van der Waals surface area (Å²) in [4.78, 5) is 12.0. The second-order valence-corrected chi connectivity index (χ2v) is 5.71. The van der Waals surface area contributed by atoms with Gasteiger partial charge in [0.25, 0.3) is 0 Å². The molecule has 1 aliphatic carbocycles. The Morgan fingerprint density at radius 1 is 1.24 bits per heavy atom. The highest BCUT2D eigenvalue weighted by atomic mass is 16.7. The van der Waals surface area contributed by atoms with E-state index in [1.807, 2.05) is 18.2 Å². The first-order valence-electron chi connectivity index (χ1n) is 7.58. The highest BCUT2D eigenvalue weighted by Crippen LogP contribution is 2.32. The molecule has 0 radical (unpaired) electrons. The summed E-state index contributed by atoms with van der Waals surface area (Å²) in [6.07, 6.45) is 4.46. The van der Waals surface area contributed by atoms with Crippen molar-refractivity contribution in [2.75, 3.05) is 6.79 Å². The van der Waals surface area contributed by atoms with E-state index in [-0.39, 0.29) is 18.7 Å². The minimum Gasteiger partial charge on any atom is -0.454 e. The molecule has 1 saturated carbocycles. The average Bonchev–Trinajstić information content (AvgIpc) is 2.95. The van der Waals surface area contributed by atoms with E-state index in [9.17, 15) is 9.90 Å². The Hall–Kier alpha value is -1.75. The summed E-state index contributed by atoms with van der Waals surface area (Å²) in [5.41, 5.74) is 1.05. The first-order chi connectivity index (χ1) is 10.2. The lowest BCUT2D eigenvalue weighted by Gasteiger charge is -2.28. The van der Waals surface area contributed by atoms with Crippen molar-refractivity contribution in [3.63, 3.8) is 0 Å². The second kappa shape index (κ2) is 6.35. The number of hydrogen-bond donors (Lipinski definition) is 2. The Kier molecular flexibility index (Phi) is 4.29. The minimum atomic E-state index is -0.395. The monoisotopic (exact) mass is 291 g/mol. The predicted octanol–water partition coefficient (Wildman–Crippen LogP) is 1.77. The first kappa shape index (κ1) is 14.2. The van der Waals surface area contributed by atoms with Crippen LogP contribution in [0.3, 0.4) is 0 Å². The third-order valence-electron chi connectivity index (χ3n) is 4.15. The molecule has 2 atom stereocenters. The number of aliphatic hydroxyl groups excluding tert-OH is 1. The van der Waals surface area contributed by atoms with Gasteiger partial charge in [-0.3, -0.25) is 4.79 Å². The Balaban J connectivity index is 1.49. The van der Waals surface area contributed by atoms with E-state index in [0.29, 0.717) is 12.8 Å². The molecule has 1 aliphatic heterocycles. The number of ether oxygens (including phenoxy) is 2. The van der Waals surface area contributed by atoms with Gasteiger partial charge in [0, 0.05) is 6.42 Å². The summed E-state index contributed by atoms with van der Waals surface area (Å²) in [7, 11) is 0. The molecule has 114 valence electrons. The zero-order chi connectivity index (χ0) is 14.7. The molecule has 0 unspecified atom stereocenters. The molecule has 0 spiro atoms. The number of fused-ring (bicyclic) bond motifs is 1. The van der Waals surface area contributed by atoms with Gasteiger partial charge in [-0.1, -0.05) is 18.9 Å². The molecule has 5 nitrogen and oxygen atoms in total. The van der Waals surface area contributed by atoms with Gasteiger partial charge < -0.3 is 19.9 Å². The van der Waals surface area contributed by atoms with Crippen LogP contribution < -0.4 is 14.8 Å². The Morgan fingerprint density at radius 2 is 2.05 bits per heavy atom. The molecule has 2 N–H and O–H groups in total. The summed E-state index contributed by atoms with van der Waals surface area (Å²) >= 11 is 0. The standard InChI is InChI=1S/C16H21NO4/c18-13-4-2-1-3-12(13)17-16(19)8-6-11-5-7-14-15(9-11)21-10-20-14/h5,7,9,12-13,18H,1-4,6,8,10H2,(H,17,19)/t12-,13-/m1/s1. The minimum absolute atomic E-state index is 0.00128. The SMILES string of the molecule is O=C(CCc1ccc2c(c1)OCO2)N[C@@H]1CCCC[C@H]1O. The van der Waals surface area contributed by atoms with Crippen molar-refractivity contribution >= 4 is 5.91 Å². The molecule has 0 aromatic heterocycles. The van der Waals surface area contributed by atoms with Gasteiger partial charge in [-0.2, -0.15) is 0 Å². The summed E-state index contributed by atoms with van der Waals surface area (Å²) in [6.45, 7) is 0.263. The molecule has 1 heterocycles. The van der Waals surface area contributed by atoms with Crippen LogP contribution in [0.4, 0.5) is 0 Å². The van der Waals surface area contributed by atoms with Gasteiger partial charge in [-0.05, 0) is 37.0 Å². The number of carbonyl (C=O) groups is 1. The van der Waals surface area contributed by atoms with Crippen LogP contribution in [0.25, 0.3) is 0 Å². The highest BCUT2D eigenvalue weighted by molar-refractivity contribution is 5.76. The van der Waals surface area contributed by atoms with E-state index in [1.165, 1.54) is 0 Å². The van der Waals surface area contributed by atoms with Crippen molar-refractivity contribution < 1.29 is 19.4 Å². The molecule has 3 rings (SSSR count). The average molecular weight is 291 g/mol. The molecule has 0 bridgehead atoms. The topological polar surface area (TPSA) is 67.8 Å². The van der Waals surface area contributed by atoms with Crippen LogP contribution in [0.1, 0.15) is 37.7 Å². The van der Waals surface area contributed by atoms with Crippen LogP contribution in [0.2, 0.25) is 0 Å². The quantitative estimate of drug-likeness (QED) is 0.887. The lowest BCUT2D eigenvalue weighted by atomic mass is 9.92. The smallest absolute Gasteiger partial charge is 0.231 e. The van der Waals surface area contributed by atoms with Gasteiger partial charge in [0.15, 0.2) is 11.5 Å². The number of carbonyl (C=O) groups excluding carboxylic acids is 1. The second-order valence-electron chi connectivity index (χ2n) is 5.71. The number of aliphatic hydroxyl groups is 1. The van der Waals surface area contributed by atoms with Crippen LogP contribution in [-0.4, -0.2) is 30.0 Å². The molecule has 0 saturated heterocycles. The Morgan fingerprint density at radius 3 is 2.90 bits per heavy atom. The molecule has 1 fully saturated rings. The van der Waals surface area contributed by atoms with Crippen molar-refractivity contribution in [3.8, 4) is 11.5 Å². The van der Waals surface area contributed by atoms with Crippen molar-refractivity contribution in [1.82, 2.24) is 5.32 Å². The molecular formula is C16H21NO4. The molecule has 2 aliphatic rings. The van der Waals surface area contributed by atoms with E-state index in [1.54, 1.807) is 0 Å². The van der Waals surface area contributed by atoms with Gasteiger partial charge in [-0.25, -0.2) is 0 Å². The molecule has 1 aromatic carbocycles. The lowest BCUT2D eigenvalue weighted by Crippen LogP contribution is -2.45. The molecule has 21 heavy (non-hydrogen) atoms. The normalized spacial score (nSPS) is 23.9. The number of nitrogens with one attached hydrogen (secondary N) is 1. The summed E-state index contributed by atoms with van der Waals surface area (Å²) in [5.74, 6) is 1.50. The summed E-state index contributed by atoms with van der Waals surface area (Å²) in [5, 5.41) is 12.8. The molecule has 1 aromatic rings. The van der Waals surface area contributed by atoms with Gasteiger partial charge in [0.2, 0.25) is 12.7 Å². The van der Waals surface area contributed by atoms with E-state index in [2.05, 4.69) is 5.32 Å². The maximum Gasteiger partial charge on any atom is 0.231 e. The van der Waals surface area contributed by atoms with Crippen molar-refractivity contribution in [3.05, 3.63) is 23.8 Å². The number of hydrogen-bond acceptors (Lipinski definition) is 4. The van der Waals surface area contributed by atoms with E-state index >= 15 is 0 Å². The first-order valence-corrected chi connectivity index (χ1v) is 7.58. The predicted molar refractivity (Wildman–Crippen MR) is 77.3 cm³/mol. The van der Waals surface area contributed by atoms with Crippen molar-refractivity contribution in [2.45, 2.75) is 50.7 Å². The van der Waals surface area contributed by atoms with Crippen molar-refractivity contribution in [2.24, 2.45) is 0 Å². The molecule has 5 heteroatoms. The van der Waals surface area contributed by atoms with E-state index in [4.69, 9.17) is 9.47 Å². The third kappa shape index (κ3) is 3.47. The summed E-state index contributed by atoms with van der Waals surface area (Å²) < 4.78 is 10.6. The fourth-order valence-corrected chi connectivity index (χ4v) is 2.91. The van der Waals surface area contributed by atoms with Gasteiger partial charge in [0.1, 0.15) is 0 Å². The number of rotatable bonds is 4. The maximum atomic E-state index is 12.0. The zero-order valence-electron chi connectivity index (χ0n) is 12.0. The van der Waals surface area contributed by atoms with Crippen LogP contribution in [0.15, 0.2) is 18.2 Å². The fraction of sp³-hybridized carbons (Fsp3) is 0.562. The Bertz CT molecular complexity index is 517. The number of amides is 1. The number of aryl methyl sites for hydroxylation is 1. The largest absolute Gasteiger partial charge is 0.454 e. The molecular weight excluding hydrogens is 270 g/mol. The van der Waals surface area contributed by atoms with E-state index in [0.717, 1.165) is 42.7 Å². The molecule has 1 amide bonds. The highest BCUT2D eigenvalue weighted by Gasteiger charge is 2.24. The van der Waals surface area contributed by atoms with Crippen LogP contribution in [0.5, 0.6) is 11.5 Å². The van der Waals surface area contributed by atoms with Gasteiger partial charge >= 0.3 is 0 Å². The van der Waals surface area contributed by atoms with Crippen LogP contribution in [-0.2, 0) is 11.2 Å². The summed E-state index contributed by atoms with van der Waals surface area (Å²) in [6, 6.07) is 5.67. The van der Waals surface area contributed by atoms with Gasteiger partial charge in [-0.15, -0.1) is 0 Å². The van der Waals surface area contributed by atoms with Crippen LogP contribution >= 0.6 is 0 Å². The van der Waals surface area contributed by atoms with E-state index < -0.39 is 6.10 Å². The third-order valence-corrected chi connectivity index (χ3v) is 4.15. The van der Waals surface area contributed by atoms with Gasteiger partial charge in [0.05, 0.1) is 12.1 Å². The zero-order valence-corrected chi connectivity index (χ0v) is 12.0. The fourth-order valence-electron chi connectivity index (χ4n) is 2.91. The van der Waals surface area contributed by atoms with Crippen molar-refractivity contribution in [1.29, 1.82) is 0 Å².